The van der Waals surface area contributed by atoms with E-state index in [9.17, 15) is 19.4 Å². The van der Waals surface area contributed by atoms with Crippen molar-refractivity contribution in [2.45, 2.75) is 24.4 Å². The highest BCUT2D eigenvalue weighted by Crippen LogP contribution is 2.38. The summed E-state index contributed by atoms with van der Waals surface area (Å²) in [5.74, 6) is -1.29. The van der Waals surface area contributed by atoms with Crippen LogP contribution in [0.1, 0.15) is 6.04 Å². The molecule has 0 amide bonds. The third-order valence-corrected chi connectivity index (χ3v) is 3.86. The van der Waals surface area contributed by atoms with Crippen LogP contribution in [0.25, 0.3) is 11.2 Å². The maximum absolute atomic E-state index is 14.4. The fourth-order valence-corrected chi connectivity index (χ4v) is 2.77. The normalized spacial score (nSPS) is 32.9. The fourth-order valence-electron chi connectivity index (χ4n) is 2.77. The highest BCUT2D eigenvalue weighted by Gasteiger charge is 2.51. The molecular formula is C11H14FN5O4. The minimum Gasteiger partial charge on any atom is -0.396 e. The summed E-state index contributed by atoms with van der Waals surface area (Å²) in [5, 5.41) is 28.9. The maximum Gasteiger partial charge on any atom is 0.280 e. The SMILES string of the molecule is Nc1nc2c(ncn2[C@@H]2C(O)C(O)[C@H](CO)[C@H]2F)c(=O)[nH]1. The van der Waals surface area contributed by atoms with Crippen LogP contribution in [0.2, 0.25) is 0 Å². The largest absolute Gasteiger partial charge is 0.396 e. The first-order chi connectivity index (χ1) is 9.95. The van der Waals surface area contributed by atoms with E-state index in [0.29, 0.717) is 0 Å². The number of aromatic nitrogens is 4. The van der Waals surface area contributed by atoms with Crippen LogP contribution >= 0.6 is 0 Å². The first-order valence-corrected chi connectivity index (χ1v) is 6.29. The van der Waals surface area contributed by atoms with Crippen LogP contribution in [-0.4, -0.2) is 59.8 Å². The molecule has 0 spiro atoms. The Morgan fingerprint density at radius 1 is 1.43 bits per heavy atom. The van der Waals surface area contributed by atoms with Gasteiger partial charge in [0, 0.05) is 5.92 Å². The van der Waals surface area contributed by atoms with Gasteiger partial charge in [-0.3, -0.25) is 9.78 Å². The van der Waals surface area contributed by atoms with Crippen LogP contribution < -0.4 is 11.3 Å². The molecule has 1 aliphatic carbocycles. The lowest BCUT2D eigenvalue weighted by molar-refractivity contribution is -0.00496. The molecule has 10 heteroatoms. The molecule has 2 aromatic heterocycles. The summed E-state index contributed by atoms with van der Waals surface area (Å²) in [7, 11) is 0. The number of rotatable bonds is 2. The molecule has 114 valence electrons. The van der Waals surface area contributed by atoms with Gasteiger partial charge in [0.25, 0.3) is 5.56 Å². The summed E-state index contributed by atoms with van der Waals surface area (Å²) in [6.07, 6.45) is -3.46. The van der Waals surface area contributed by atoms with Gasteiger partial charge in [-0.2, -0.15) is 4.98 Å². The standard InChI is InChI=1S/C11H14FN5O4/c12-4-3(1-18)7(19)8(20)6(4)17-2-14-5-9(17)15-11(13)16-10(5)21/h2-4,6-8,18-20H,1H2,(H3,13,15,16,21)/t3-,4-,6+,7?,8?/m1/s1. The Bertz CT molecular complexity index is 731. The minimum atomic E-state index is -1.72. The average Bonchev–Trinajstić information content (AvgIpc) is 2.91. The Labute approximate surface area is 116 Å². The number of nitrogens with two attached hydrogens (primary N) is 1. The molecular weight excluding hydrogens is 285 g/mol. The minimum absolute atomic E-state index is 0.00809. The number of nitrogen functional groups attached to an aromatic ring is 1. The molecule has 9 nitrogen and oxygen atoms in total. The molecule has 1 saturated carbocycles. The van der Waals surface area contributed by atoms with Gasteiger partial charge in [0.2, 0.25) is 5.95 Å². The molecule has 0 aromatic carbocycles. The molecule has 0 saturated heterocycles. The van der Waals surface area contributed by atoms with Gasteiger partial charge < -0.3 is 25.6 Å². The predicted octanol–water partition coefficient (Wildman–Crippen LogP) is -2.08. The first kappa shape index (κ1) is 13.9. The van der Waals surface area contributed by atoms with E-state index in [2.05, 4.69) is 15.0 Å². The fraction of sp³-hybridized carbons (Fsp3) is 0.545. The molecule has 5 atom stereocenters. The number of hydrogen-bond acceptors (Lipinski definition) is 7. The summed E-state index contributed by atoms with van der Waals surface area (Å²) in [6, 6.07) is -1.21. The maximum atomic E-state index is 14.4. The van der Waals surface area contributed by atoms with E-state index >= 15 is 0 Å². The van der Waals surface area contributed by atoms with Crippen LogP contribution in [0, 0.1) is 5.92 Å². The Morgan fingerprint density at radius 2 is 2.14 bits per heavy atom. The number of aliphatic hydroxyl groups is 3. The van der Waals surface area contributed by atoms with E-state index in [1.807, 2.05) is 0 Å². The molecule has 2 aromatic rings. The second-order valence-electron chi connectivity index (χ2n) is 5.04. The van der Waals surface area contributed by atoms with Gasteiger partial charge in [0.15, 0.2) is 11.2 Å². The van der Waals surface area contributed by atoms with Gasteiger partial charge in [-0.15, -0.1) is 0 Å². The van der Waals surface area contributed by atoms with Crippen molar-refractivity contribution in [3.63, 3.8) is 0 Å². The number of aliphatic hydroxyl groups excluding tert-OH is 3. The molecule has 21 heavy (non-hydrogen) atoms. The molecule has 6 N–H and O–H groups in total. The summed E-state index contributed by atoms with van der Waals surface area (Å²) in [4.78, 5) is 21.7. The third kappa shape index (κ3) is 1.91. The van der Waals surface area contributed by atoms with Crippen molar-refractivity contribution < 1.29 is 19.7 Å². The number of imidazole rings is 1. The van der Waals surface area contributed by atoms with Gasteiger partial charge in [-0.25, -0.2) is 9.37 Å². The van der Waals surface area contributed by atoms with Crippen molar-refractivity contribution in [2.24, 2.45) is 5.92 Å². The zero-order valence-corrected chi connectivity index (χ0v) is 10.7. The number of fused-ring (bicyclic) bond motifs is 1. The number of H-pyrrole nitrogens is 1. The van der Waals surface area contributed by atoms with E-state index in [0.717, 1.165) is 10.9 Å². The molecule has 1 fully saturated rings. The summed E-state index contributed by atoms with van der Waals surface area (Å²) in [5.41, 5.74) is 4.82. The lowest BCUT2D eigenvalue weighted by atomic mass is 10.1. The average molecular weight is 299 g/mol. The molecule has 0 bridgehead atoms. The second kappa shape index (κ2) is 4.76. The predicted molar refractivity (Wildman–Crippen MR) is 69.1 cm³/mol. The van der Waals surface area contributed by atoms with Crippen LogP contribution in [-0.2, 0) is 0 Å². The van der Waals surface area contributed by atoms with Crippen molar-refractivity contribution >= 4 is 17.1 Å². The van der Waals surface area contributed by atoms with Crippen molar-refractivity contribution in [3.8, 4) is 0 Å². The van der Waals surface area contributed by atoms with Gasteiger partial charge in [-0.05, 0) is 0 Å². The van der Waals surface area contributed by atoms with Crippen LogP contribution in [0.4, 0.5) is 10.3 Å². The molecule has 2 unspecified atom stereocenters. The van der Waals surface area contributed by atoms with E-state index in [1.165, 1.54) is 0 Å². The van der Waals surface area contributed by atoms with Crippen molar-refractivity contribution in [1.82, 2.24) is 19.5 Å². The van der Waals surface area contributed by atoms with Crippen molar-refractivity contribution in [3.05, 3.63) is 16.7 Å². The van der Waals surface area contributed by atoms with Crippen molar-refractivity contribution in [2.75, 3.05) is 12.3 Å². The van der Waals surface area contributed by atoms with E-state index < -0.39 is 42.5 Å². The van der Waals surface area contributed by atoms with Crippen LogP contribution in [0.3, 0.4) is 0 Å². The van der Waals surface area contributed by atoms with Crippen LogP contribution in [0.15, 0.2) is 11.1 Å². The number of anilines is 1. The smallest absolute Gasteiger partial charge is 0.280 e. The summed E-state index contributed by atoms with van der Waals surface area (Å²) in [6.45, 7) is -0.612. The third-order valence-electron chi connectivity index (χ3n) is 3.86. The van der Waals surface area contributed by atoms with Crippen LogP contribution in [0.5, 0.6) is 0 Å². The van der Waals surface area contributed by atoms with Gasteiger partial charge in [-0.1, -0.05) is 0 Å². The second-order valence-corrected chi connectivity index (χ2v) is 5.04. The Balaban J connectivity index is 2.15. The lowest BCUT2D eigenvalue weighted by Gasteiger charge is -2.19. The Kier molecular flexibility index (Phi) is 3.15. The molecule has 3 rings (SSSR count). The van der Waals surface area contributed by atoms with E-state index in [-0.39, 0.29) is 17.1 Å². The lowest BCUT2D eigenvalue weighted by Crippen LogP contribution is -2.30. The number of hydrogen-bond donors (Lipinski definition) is 5. The first-order valence-electron chi connectivity index (χ1n) is 6.29. The Hall–Kier alpha value is -2.04. The Morgan fingerprint density at radius 3 is 2.76 bits per heavy atom. The van der Waals surface area contributed by atoms with Gasteiger partial charge >= 0.3 is 0 Å². The summed E-state index contributed by atoms with van der Waals surface area (Å²) < 4.78 is 15.5. The summed E-state index contributed by atoms with van der Waals surface area (Å²) >= 11 is 0. The molecule has 2 heterocycles. The number of nitrogens with one attached hydrogen (secondary N) is 1. The van der Waals surface area contributed by atoms with Gasteiger partial charge in [0.1, 0.15) is 12.3 Å². The number of nitrogens with zero attached hydrogens (tertiary/aromatic N) is 3. The zero-order chi connectivity index (χ0) is 15.3. The van der Waals surface area contributed by atoms with Gasteiger partial charge in [0.05, 0.1) is 25.1 Å². The quantitative estimate of drug-likeness (QED) is 0.427. The van der Waals surface area contributed by atoms with E-state index in [1.54, 1.807) is 0 Å². The number of aromatic amines is 1. The zero-order valence-electron chi connectivity index (χ0n) is 10.7. The number of halogens is 1. The monoisotopic (exact) mass is 299 g/mol. The molecule has 1 aliphatic rings. The van der Waals surface area contributed by atoms with Crippen molar-refractivity contribution in [1.29, 1.82) is 0 Å². The highest BCUT2D eigenvalue weighted by atomic mass is 19.1. The molecule has 0 radical (unpaired) electrons. The molecule has 0 aliphatic heterocycles. The topological polar surface area (TPSA) is 150 Å². The van der Waals surface area contributed by atoms with E-state index in [4.69, 9.17) is 10.8 Å². The highest BCUT2D eigenvalue weighted by molar-refractivity contribution is 5.70. The number of alkyl halides is 1.